The van der Waals surface area contributed by atoms with Crippen LogP contribution >= 0.6 is 0 Å². The number of aromatic nitrogens is 3. The van der Waals surface area contributed by atoms with Gasteiger partial charge in [0.25, 0.3) is 0 Å². The number of carbonyl (C=O) groups is 1. The van der Waals surface area contributed by atoms with E-state index in [1.165, 1.54) is 11.3 Å². The molecular weight excluding hydrogens is 402 g/mol. The summed E-state index contributed by atoms with van der Waals surface area (Å²) in [5, 5.41) is 0. The van der Waals surface area contributed by atoms with Crippen LogP contribution in [0.25, 0.3) is 17.3 Å². The predicted octanol–water partition coefficient (Wildman–Crippen LogP) is 2.61. The minimum absolute atomic E-state index is 0.146. The lowest BCUT2D eigenvalue weighted by molar-refractivity contribution is -0.113. The number of ketones is 1. The number of nitrogens with zero attached hydrogens (tertiary/aromatic N) is 5. The zero-order chi connectivity index (χ0) is 21.7. The molecule has 7 nitrogen and oxygen atoms in total. The van der Waals surface area contributed by atoms with Crippen molar-refractivity contribution < 1.29 is 9.53 Å². The van der Waals surface area contributed by atoms with Gasteiger partial charge in [0.15, 0.2) is 11.4 Å². The number of rotatable bonds is 3. The molecule has 32 heavy (non-hydrogen) atoms. The molecular formula is C25H27N5O2. The Kier molecular flexibility index (Phi) is 4.81. The molecule has 2 fully saturated rings. The third kappa shape index (κ3) is 3.51. The maximum atomic E-state index is 13.0. The quantitative estimate of drug-likeness (QED) is 0.638. The van der Waals surface area contributed by atoms with E-state index in [1.807, 2.05) is 29.8 Å². The molecule has 2 aromatic heterocycles. The highest BCUT2D eigenvalue weighted by Crippen LogP contribution is 2.30. The minimum atomic E-state index is 0.146. The highest BCUT2D eigenvalue weighted by Gasteiger charge is 2.29. The van der Waals surface area contributed by atoms with E-state index in [-0.39, 0.29) is 5.78 Å². The second-order valence-corrected chi connectivity index (χ2v) is 9.00. The smallest absolute Gasteiger partial charge is 0.165 e. The number of carbonyl (C=O) groups excluding carboxylic acids is 1. The van der Waals surface area contributed by atoms with Gasteiger partial charge in [0.05, 0.1) is 36.8 Å². The van der Waals surface area contributed by atoms with Crippen molar-refractivity contribution in [1.29, 1.82) is 0 Å². The van der Waals surface area contributed by atoms with Crippen molar-refractivity contribution in [1.82, 2.24) is 19.3 Å². The topological polar surface area (TPSA) is 63.0 Å². The van der Waals surface area contributed by atoms with Gasteiger partial charge in [0, 0.05) is 56.3 Å². The maximum absolute atomic E-state index is 13.0. The molecule has 0 bridgehead atoms. The Morgan fingerprint density at radius 2 is 1.91 bits per heavy atom. The molecule has 0 radical (unpaired) electrons. The van der Waals surface area contributed by atoms with Crippen LogP contribution in [0.4, 0.5) is 5.69 Å². The van der Waals surface area contributed by atoms with Crippen molar-refractivity contribution in [2.75, 3.05) is 44.3 Å². The second kappa shape index (κ2) is 7.83. The predicted molar refractivity (Wildman–Crippen MR) is 124 cm³/mol. The molecule has 4 heterocycles. The number of fused-ring (bicyclic) bond motifs is 2. The first-order valence-corrected chi connectivity index (χ1v) is 11.4. The van der Waals surface area contributed by atoms with Gasteiger partial charge in [-0.2, -0.15) is 0 Å². The average molecular weight is 430 g/mol. The molecule has 0 spiro atoms. The van der Waals surface area contributed by atoms with E-state index in [0.29, 0.717) is 18.0 Å². The summed E-state index contributed by atoms with van der Waals surface area (Å²) < 4.78 is 7.29. The van der Waals surface area contributed by atoms with Crippen LogP contribution in [-0.4, -0.2) is 70.5 Å². The van der Waals surface area contributed by atoms with Crippen LogP contribution in [0, 0.1) is 6.92 Å². The number of allylic oxidation sites excluding steroid dienone is 1. The largest absolute Gasteiger partial charge is 0.378 e. The molecule has 7 heteroatoms. The Bertz CT molecular complexity index is 1220. The van der Waals surface area contributed by atoms with Crippen molar-refractivity contribution in [2.24, 2.45) is 0 Å². The number of imidazole rings is 1. The zero-order valence-electron chi connectivity index (χ0n) is 18.3. The number of hydrogen-bond donors (Lipinski definition) is 0. The molecule has 0 atom stereocenters. The van der Waals surface area contributed by atoms with Gasteiger partial charge < -0.3 is 14.0 Å². The van der Waals surface area contributed by atoms with E-state index in [9.17, 15) is 4.79 Å². The Labute approximate surface area is 187 Å². The van der Waals surface area contributed by atoms with Gasteiger partial charge in [-0.05, 0) is 42.7 Å². The lowest BCUT2D eigenvalue weighted by atomic mass is 10.0. The molecule has 2 saturated heterocycles. The SMILES string of the molecule is Cc1cn2cc(C3=Cc4ccc(N5CCN(C6COC6)CC5)cc4CCC3=O)nc2cn1. The van der Waals surface area contributed by atoms with Gasteiger partial charge in [-0.15, -0.1) is 0 Å². The van der Waals surface area contributed by atoms with Gasteiger partial charge >= 0.3 is 0 Å². The number of Topliss-reactive ketones (excluding diaryl/α,β-unsaturated/α-hetero) is 1. The van der Waals surface area contributed by atoms with Gasteiger partial charge in [0.1, 0.15) is 0 Å². The molecule has 6 rings (SSSR count). The Balaban J connectivity index is 1.26. The van der Waals surface area contributed by atoms with Crippen molar-refractivity contribution in [3.63, 3.8) is 0 Å². The number of anilines is 1. The Morgan fingerprint density at radius 1 is 1.06 bits per heavy atom. The van der Waals surface area contributed by atoms with E-state index in [2.05, 4.69) is 38.0 Å². The third-order valence-corrected chi connectivity index (χ3v) is 6.91. The third-order valence-electron chi connectivity index (χ3n) is 6.91. The first kappa shape index (κ1) is 19.6. The van der Waals surface area contributed by atoms with Crippen molar-refractivity contribution >= 4 is 28.8 Å². The summed E-state index contributed by atoms with van der Waals surface area (Å²) in [4.78, 5) is 27.0. The van der Waals surface area contributed by atoms with E-state index < -0.39 is 0 Å². The first-order valence-electron chi connectivity index (χ1n) is 11.4. The van der Waals surface area contributed by atoms with Crippen LogP contribution in [0.15, 0.2) is 36.8 Å². The van der Waals surface area contributed by atoms with Crippen LogP contribution in [0.3, 0.4) is 0 Å². The summed E-state index contributed by atoms with van der Waals surface area (Å²) in [7, 11) is 0. The molecule has 0 saturated carbocycles. The number of ether oxygens (including phenoxy) is 1. The molecule has 3 aliphatic rings. The van der Waals surface area contributed by atoms with Crippen LogP contribution in [0.1, 0.15) is 28.9 Å². The molecule has 1 aromatic carbocycles. The summed E-state index contributed by atoms with van der Waals surface area (Å²) >= 11 is 0. The Hall–Kier alpha value is -3.03. The number of aryl methyl sites for hydroxylation is 2. The summed E-state index contributed by atoms with van der Waals surface area (Å²) in [6.45, 7) is 7.93. The number of piperazine rings is 1. The fraction of sp³-hybridized carbons (Fsp3) is 0.400. The molecule has 0 amide bonds. The van der Waals surface area contributed by atoms with E-state index in [1.54, 1.807) is 6.20 Å². The summed E-state index contributed by atoms with van der Waals surface area (Å²) in [5.41, 5.74) is 6.69. The summed E-state index contributed by atoms with van der Waals surface area (Å²) in [6, 6.07) is 7.25. The van der Waals surface area contributed by atoms with Gasteiger partial charge in [-0.3, -0.25) is 14.7 Å². The fourth-order valence-electron chi connectivity index (χ4n) is 4.89. The monoisotopic (exact) mass is 429 g/mol. The van der Waals surface area contributed by atoms with Gasteiger partial charge in [-0.1, -0.05) is 6.07 Å². The molecule has 0 N–H and O–H groups in total. The average Bonchev–Trinajstić information content (AvgIpc) is 3.10. The van der Waals surface area contributed by atoms with Crippen LogP contribution in [-0.2, 0) is 16.0 Å². The van der Waals surface area contributed by atoms with Crippen LogP contribution in [0.2, 0.25) is 0 Å². The fourth-order valence-corrected chi connectivity index (χ4v) is 4.89. The lowest BCUT2D eigenvalue weighted by Gasteiger charge is -2.43. The normalized spacial score (nSPS) is 20.1. The summed E-state index contributed by atoms with van der Waals surface area (Å²) in [6.07, 6.45) is 8.90. The lowest BCUT2D eigenvalue weighted by Crippen LogP contribution is -2.56. The van der Waals surface area contributed by atoms with Crippen LogP contribution < -0.4 is 4.90 Å². The molecule has 164 valence electrons. The van der Waals surface area contributed by atoms with E-state index in [4.69, 9.17) is 4.74 Å². The summed E-state index contributed by atoms with van der Waals surface area (Å²) in [5.74, 6) is 0.146. The van der Waals surface area contributed by atoms with Crippen molar-refractivity contribution in [3.05, 3.63) is 59.3 Å². The Morgan fingerprint density at radius 3 is 2.69 bits per heavy atom. The standard InChI is InChI=1S/C25H27N5O2/c1-17-13-30-14-23(27-25(30)12-26-17)22-11-19-2-4-20(10-18(19)3-5-24(22)31)28-6-8-29(9-7-28)21-15-32-16-21/h2,4,10-14,21H,3,5-9,15-16H2,1H3. The molecule has 3 aromatic rings. The highest BCUT2D eigenvalue weighted by atomic mass is 16.5. The molecule has 2 aliphatic heterocycles. The zero-order valence-corrected chi connectivity index (χ0v) is 18.3. The van der Waals surface area contributed by atoms with E-state index in [0.717, 1.165) is 68.4 Å². The van der Waals surface area contributed by atoms with E-state index >= 15 is 0 Å². The van der Waals surface area contributed by atoms with Gasteiger partial charge in [0.2, 0.25) is 0 Å². The van der Waals surface area contributed by atoms with Gasteiger partial charge in [-0.25, -0.2) is 4.98 Å². The first-order chi connectivity index (χ1) is 15.6. The van der Waals surface area contributed by atoms with Crippen molar-refractivity contribution in [2.45, 2.75) is 25.8 Å². The molecule has 0 unspecified atom stereocenters. The van der Waals surface area contributed by atoms with Crippen LogP contribution in [0.5, 0.6) is 0 Å². The maximum Gasteiger partial charge on any atom is 0.165 e. The van der Waals surface area contributed by atoms with Crippen molar-refractivity contribution in [3.8, 4) is 0 Å². The minimum Gasteiger partial charge on any atom is -0.378 e. The molecule has 1 aliphatic carbocycles. The number of benzene rings is 1. The highest BCUT2D eigenvalue weighted by molar-refractivity contribution is 6.25. The number of hydrogen-bond acceptors (Lipinski definition) is 6. The second-order valence-electron chi connectivity index (χ2n) is 9.00.